The molecule has 0 aliphatic heterocycles. The molecule has 0 bridgehead atoms. The summed E-state index contributed by atoms with van der Waals surface area (Å²) in [5.41, 5.74) is 3.16. The van der Waals surface area contributed by atoms with Gasteiger partial charge in [-0.15, -0.1) is 0 Å². The number of aliphatic carboxylic acids is 1. The minimum Gasteiger partial charge on any atom is -0.481 e. The van der Waals surface area contributed by atoms with E-state index in [4.69, 9.17) is 28.3 Å². The number of carboxylic acid groups (broad SMARTS) is 1. The van der Waals surface area contributed by atoms with Gasteiger partial charge in [0.25, 0.3) is 5.91 Å². The molecule has 0 fully saturated rings. The smallest absolute Gasteiger partial charge is 0.304 e. The van der Waals surface area contributed by atoms with E-state index in [2.05, 4.69) is 10.4 Å². The Hall–Kier alpha value is -1.35. The van der Waals surface area contributed by atoms with E-state index in [9.17, 15) is 9.59 Å². The Bertz CT molecular complexity index is 889. The van der Waals surface area contributed by atoms with Crippen LogP contribution in [-0.4, -0.2) is 44.8 Å². The monoisotopic (exact) mass is 459 g/mol. The van der Waals surface area contributed by atoms with Gasteiger partial charge in [0.15, 0.2) is 5.69 Å². The van der Waals surface area contributed by atoms with Crippen LogP contribution in [0.1, 0.15) is 34.6 Å². The molecule has 1 amide bonds. The van der Waals surface area contributed by atoms with Crippen LogP contribution in [-0.2, 0) is 17.6 Å². The van der Waals surface area contributed by atoms with Crippen molar-refractivity contribution in [1.82, 2.24) is 15.1 Å². The van der Waals surface area contributed by atoms with Crippen LogP contribution in [0.3, 0.4) is 0 Å². The molecule has 0 saturated heterocycles. The summed E-state index contributed by atoms with van der Waals surface area (Å²) < 4.78 is 1.76. The largest absolute Gasteiger partial charge is 0.481 e. The van der Waals surface area contributed by atoms with Crippen molar-refractivity contribution in [1.29, 1.82) is 0 Å². The van der Waals surface area contributed by atoms with Gasteiger partial charge in [0, 0.05) is 34.3 Å². The lowest BCUT2D eigenvalue weighted by Gasteiger charge is -2.08. The van der Waals surface area contributed by atoms with E-state index < -0.39 is 5.97 Å². The van der Waals surface area contributed by atoms with Crippen molar-refractivity contribution in [2.24, 2.45) is 0 Å². The molecule has 0 atom stereocenters. The Morgan fingerprint density at radius 2 is 2.00 bits per heavy atom. The van der Waals surface area contributed by atoms with Gasteiger partial charge in [0.1, 0.15) is 0 Å². The van der Waals surface area contributed by atoms with Crippen molar-refractivity contribution >= 4 is 56.7 Å². The topological polar surface area (TPSA) is 84.2 Å². The minimum atomic E-state index is -0.799. The Balaban J connectivity index is 1.63. The number of aromatic nitrogens is 2. The van der Waals surface area contributed by atoms with E-state index >= 15 is 0 Å². The maximum Gasteiger partial charge on any atom is 0.304 e. The molecule has 0 saturated carbocycles. The van der Waals surface area contributed by atoms with Crippen molar-refractivity contribution in [3.05, 3.63) is 45.2 Å². The minimum absolute atomic E-state index is 0.140. The number of nitrogens with one attached hydrogen (secondary N) is 1. The number of hydrogen-bond acceptors (Lipinski definition) is 5. The molecule has 0 radical (unpaired) electrons. The van der Waals surface area contributed by atoms with Crippen LogP contribution >= 0.6 is 44.8 Å². The average Bonchev–Trinajstić information content (AvgIpc) is 3.23. The molecule has 0 spiro atoms. The third kappa shape index (κ3) is 5.17. The second-order valence-corrected chi connectivity index (χ2v) is 9.72. The van der Waals surface area contributed by atoms with Gasteiger partial charge in [-0.2, -0.15) is 5.10 Å². The molecule has 1 aliphatic rings. The van der Waals surface area contributed by atoms with Crippen LogP contribution in [0.15, 0.2) is 18.2 Å². The molecule has 3 rings (SSSR count). The lowest BCUT2D eigenvalue weighted by molar-refractivity contribution is -0.136. The van der Waals surface area contributed by atoms with Gasteiger partial charge >= 0.3 is 5.97 Å². The summed E-state index contributed by atoms with van der Waals surface area (Å²) in [5, 5.41) is 17.1. The molecule has 10 heteroatoms. The second kappa shape index (κ2) is 9.91. The zero-order valence-electron chi connectivity index (χ0n) is 14.9. The number of rotatable bonds is 9. The Morgan fingerprint density at radius 3 is 2.75 bits per heavy atom. The van der Waals surface area contributed by atoms with Gasteiger partial charge in [-0.05, 0) is 37.5 Å². The Kier molecular flexibility index (Phi) is 7.56. The van der Waals surface area contributed by atoms with Gasteiger partial charge in [-0.3, -0.25) is 9.59 Å². The predicted molar refractivity (Wildman–Crippen MR) is 115 cm³/mol. The number of carboxylic acids is 1. The Labute approximate surface area is 180 Å². The zero-order chi connectivity index (χ0) is 20.1. The molecule has 0 unspecified atom stereocenters. The predicted octanol–water partition coefficient (Wildman–Crippen LogP) is 4.25. The van der Waals surface area contributed by atoms with Gasteiger partial charge in [0.05, 0.1) is 17.1 Å². The molecule has 6 nitrogen and oxygen atoms in total. The van der Waals surface area contributed by atoms with Gasteiger partial charge in [0.2, 0.25) is 0 Å². The molecular formula is C18H19Cl2N3O3S2. The summed E-state index contributed by atoms with van der Waals surface area (Å²) in [6, 6.07) is 5.23. The molecule has 1 aromatic carbocycles. The van der Waals surface area contributed by atoms with Crippen molar-refractivity contribution in [3.8, 4) is 5.69 Å². The van der Waals surface area contributed by atoms with Crippen LogP contribution in [0, 0.1) is 0 Å². The highest BCUT2D eigenvalue weighted by molar-refractivity contribution is 8.76. The van der Waals surface area contributed by atoms with Crippen LogP contribution in [0.5, 0.6) is 0 Å². The lowest BCUT2D eigenvalue weighted by atomic mass is 10.2. The van der Waals surface area contributed by atoms with Crippen molar-refractivity contribution in [2.75, 3.05) is 18.1 Å². The maximum absolute atomic E-state index is 12.6. The van der Waals surface area contributed by atoms with Crippen LogP contribution < -0.4 is 5.32 Å². The molecule has 28 heavy (non-hydrogen) atoms. The van der Waals surface area contributed by atoms with Crippen molar-refractivity contribution in [2.45, 2.75) is 25.7 Å². The highest BCUT2D eigenvalue weighted by Gasteiger charge is 2.27. The summed E-state index contributed by atoms with van der Waals surface area (Å²) in [7, 11) is 3.04. The van der Waals surface area contributed by atoms with Crippen LogP contribution in [0.2, 0.25) is 10.0 Å². The second-order valence-electron chi connectivity index (χ2n) is 6.18. The molecular weight excluding hydrogens is 441 g/mol. The van der Waals surface area contributed by atoms with Crippen molar-refractivity contribution < 1.29 is 14.7 Å². The van der Waals surface area contributed by atoms with E-state index in [1.165, 1.54) is 10.8 Å². The van der Waals surface area contributed by atoms with E-state index in [0.717, 1.165) is 30.5 Å². The fourth-order valence-corrected chi connectivity index (χ4v) is 5.38. The van der Waals surface area contributed by atoms with E-state index in [1.54, 1.807) is 27.6 Å². The number of benzene rings is 1. The normalized spacial score (nSPS) is 12.8. The molecule has 2 aromatic rings. The number of halogens is 2. The number of carbonyl (C=O) groups excluding carboxylic acids is 1. The third-order valence-corrected chi connectivity index (χ3v) is 7.18. The first-order valence-electron chi connectivity index (χ1n) is 8.78. The number of fused-ring (bicyclic) bond motifs is 1. The standard InChI is InChI=1S/C18H19Cl2N3O3S2/c19-11-4-5-15(13(20)10-11)23-14-3-1-2-12(14)17(22-23)18(26)21-7-9-28-27-8-6-16(24)25/h4-5,10H,1-3,6-9H2,(H,21,26)(H,24,25). The number of carbonyl (C=O) groups is 2. The number of nitrogens with zero attached hydrogens (tertiary/aromatic N) is 2. The number of amides is 1. The maximum atomic E-state index is 12.6. The quantitative estimate of drug-likeness (QED) is 0.430. The summed E-state index contributed by atoms with van der Waals surface area (Å²) in [4.78, 5) is 23.1. The fourth-order valence-electron chi connectivity index (χ4n) is 3.01. The van der Waals surface area contributed by atoms with E-state index in [-0.39, 0.29) is 12.3 Å². The van der Waals surface area contributed by atoms with Gasteiger partial charge < -0.3 is 10.4 Å². The zero-order valence-corrected chi connectivity index (χ0v) is 18.1. The third-order valence-electron chi connectivity index (χ3n) is 4.24. The van der Waals surface area contributed by atoms with E-state index in [1.807, 2.05) is 6.07 Å². The van der Waals surface area contributed by atoms with Crippen LogP contribution in [0.25, 0.3) is 5.69 Å². The van der Waals surface area contributed by atoms with Gasteiger partial charge in [-0.1, -0.05) is 44.8 Å². The first-order chi connectivity index (χ1) is 13.5. The summed E-state index contributed by atoms with van der Waals surface area (Å²) >= 11 is 12.3. The molecule has 1 aliphatic carbocycles. The SMILES string of the molecule is O=C(O)CCSSCCNC(=O)c1nn(-c2ccc(Cl)cc2Cl)c2c1CCC2. The van der Waals surface area contributed by atoms with Crippen LogP contribution in [0.4, 0.5) is 0 Å². The molecule has 1 aromatic heterocycles. The van der Waals surface area contributed by atoms with E-state index in [0.29, 0.717) is 39.5 Å². The Morgan fingerprint density at radius 1 is 1.21 bits per heavy atom. The highest BCUT2D eigenvalue weighted by Crippen LogP contribution is 2.31. The summed E-state index contributed by atoms with van der Waals surface area (Å²) in [5.74, 6) is 0.250. The lowest BCUT2D eigenvalue weighted by Crippen LogP contribution is -2.27. The summed E-state index contributed by atoms with van der Waals surface area (Å²) in [6.07, 6.45) is 2.79. The molecule has 150 valence electrons. The van der Waals surface area contributed by atoms with Crippen molar-refractivity contribution in [3.63, 3.8) is 0 Å². The molecule has 1 heterocycles. The fraction of sp³-hybridized carbons (Fsp3) is 0.389. The summed E-state index contributed by atoms with van der Waals surface area (Å²) in [6.45, 7) is 0.493. The average molecular weight is 460 g/mol. The number of hydrogen-bond donors (Lipinski definition) is 2. The van der Waals surface area contributed by atoms with Gasteiger partial charge in [-0.25, -0.2) is 4.68 Å². The molecule has 2 N–H and O–H groups in total. The highest BCUT2D eigenvalue weighted by atomic mass is 35.5. The first kappa shape index (κ1) is 21.4. The first-order valence-corrected chi connectivity index (χ1v) is 12.0.